The summed E-state index contributed by atoms with van der Waals surface area (Å²) in [6.45, 7) is 2.03. The Labute approximate surface area is 131 Å². The lowest BCUT2D eigenvalue weighted by Crippen LogP contribution is -1.98. The van der Waals surface area contributed by atoms with Crippen molar-refractivity contribution in [2.45, 2.75) is 6.92 Å². The van der Waals surface area contributed by atoms with Gasteiger partial charge in [0.25, 0.3) is 0 Å². The van der Waals surface area contributed by atoms with E-state index in [2.05, 4.69) is 32.3 Å². The molecule has 0 aliphatic rings. The molecule has 0 unspecified atom stereocenters. The SMILES string of the molecule is Cc1ccc(Nc2nc3ccccc3cc2C#N)c(Br)c1. The Bertz CT molecular complexity index is 866. The fourth-order valence-corrected chi connectivity index (χ4v) is 2.74. The Morgan fingerprint density at radius 2 is 1.95 bits per heavy atom. The second-order valence-corrected chi connectivity index (χ2v) is 5.65. The summed E-state index contributed by atoms with van der Waals surface area (Å²) in [7, 11) is 0. The monoisotopic (exact) mass is 337 g/mol. The van der Waals surface area contributed by atoms with Crippen LogP contribution in [0, 0.1) is 18.3 Å². The number of hydrogen-bond acceptors (Lipinski definition) is 3. The number of hydrogen-bond donors (Lipinski definition) is 1. The van der Waals surface area contributed by atoms with Crippen molar-refractivity contribution in [2.75, 3.05) is 5.32 Å². The smallest absolute Gasteiger partial charge is 0.149 e. The van der Waals surface area contributed by atoms with E-state index in [0.29, 0.717) is 11.4 Å². The minimum Gasteiger partial charge on any atom is -0.338 e. The first-order chi connectivity index (χ1) is 10.2. The number of nitrogens with zero attached hydrogens (tertiary/aromatic N) is 2. The van der Waals surface area contributed by atoms with Crippen LogP contribution in [0.2, 0.25) is 0 Å². The normalized spacial score (nSPS) is 10.3. The van der Waals surface area contributed by atoms with E-state index in [1.807, 2.05) is 55.5 Å². The lowest BCUT2D eigenvalue weighted by Gasteiger charge is -2.11. The Morgan fingerprint density at radius 1 is 1.14 bits per heavy atom. The molecule has 3 nitrogen and oxygen atoms in total. The molecule has 0 aliphatic heterocycles. The van der Waals surface area contributed by atoms with E-state index in [9.17, 15) is 5.26 Å². The van der Waals surface area contributed by atoms with Gasteiger partial charge in [0.2, 0.25) is 0 Å². The van der Waals surface area contributed by atoms with E-state index < -0.39 is 0 Å². The number of nitriles is 1. The van der Waals surface area contributed by atoms with Crippen LogP contribution in [-0.2, 0) is 0 Å². The van der Waals surface area contributed by atoms with Crippen molar-refractivity contribution in [1.82, 2.24) is 4.98 Å². The molecule has 0 spiro atoms. The fraction of sp³-hybridized carbons (Fsp3) is 0.0588. The largest absolute Gasteiger partial charge is 0.338 e. The van der Waals surface area contributed by atoms with Gasteiger partial charge >= 0.3 is 0 Å². The molecule has 0 saturated carbocycles. The van der Waals surface area contributed by atoms with Crippen LogP contribution in [-0.4, -0.2) is 4.98 Å². The topological polar surface area (TPSA) is 48.7 Å². The first kappa shape index (κ1) is 13.6. The molecule has 4 heteroatoms. The zero-order chi connectivity index (χ0) is 14.8. The predicted molar refractivity (Wildman–Crippen MR) is 88.6 cm³/mol. The number of nitrogens with one attached hydrogen (secondary N) is 1. The summed E-state index contributed by atoms with van der Waals surface area (Å²) in [5.41, 5.74) is 3.45. The van der Waals surface area contributed by atoms with Crippen LogP contribution in [0.3, 0.4) is 0 Å². The standard InChI is InChI=1S/C17H12BrN3/c1-11-6-7-16(14(18)8-11)21-17-13(10-19)9-12-4-2-3-5-15(12)20-17/h2-9H,1H3,(H,20,21). The van der Waals surface area contributed by atoms with Crippen molar-refractivity contribution in [2.24, 2.45) is 0 Å². The molecule has 1 aromatic heterocycles. The minimum absolute atomic E-state index is 0.529. The molecule has 3 rings (SSSR count). The summed E-state index contributed by atoms with van der Waals surface area (Å²) < 4.78 is 0.946. The maximum Gasteiger partial charge on any atom is 0.149 e. The number of aromatic nitrogens is 1. The van der Waals surface area contributed by atoms with Crippen molar-refractivity contribution < 1.29 is 0 Å². The first-order valence-corrected chi connectivity index (χ1v) is 7.30. The maximum atomic E-state index is 9.33. The summed E-state index contributed by atoms with van der Waals surface area (Å²) in [5.74, 6) is 0.570. The highest BCUT2D eigenvalue weighted by Gasteiger charge is 2.08. The van der Waals surface area contributed by atoms with Gasteiger partial charge in [-0.05, 0) is 52.7 Å². The van der Waals surface area contributed by atoms with Gasteiger partial charge in [0, 0.05) is 9.86 Å². The van der Waals surface area contributed by atoms with Gasteiger partial charge in [-0.2, -0.15) is 5.26 Å². The van der Waals surface area contributed by atoms with Crippen molar-refractivity contribution >= 4 is 38.3 Å². The average molecular weight is 338 g/mol. The number of benzene rings is 2. The lowest BCUT2D eigenvalue weighted by atomic mass is 10.1. The number of para-hydroxylation sites is 1. The number of pyridine rings is 1. The quantitative estimate of drug-likeness (QED) is 0.721. The average Bonchev–Trinajstić information content (AvgIpc) is 2.49. The summed E-state index contributed by atoms with van der Waals surface area (Å²) in [4.78, 5) is 4.55. The Kier molecular flexibility index (Phi) is 3.59. The van der Waals surface area contributed by atoms with Gasteiger partial charge in [0.1, 0.15) is 11.9 Å². The Morgan fingerprint density at radius 3 is 2.71 bits per heavy atom. The third-order valence-corrected chi connectivity index (χ3v) is 3.88. The van der Waals surface area contributed by atoms with Crippen molar-refractivity contribution in [3.63, 3.8) is 0 Å². The zero-order valence-electron chi connectivity index (χ0n) is 11.4. The Balaban J connectivity index is 2.09. The van der Waals surface area contributed by atoms with Gasteiger partial charge < -0.3 is 5.32 Å². The van der Waals surface area contributed by atoms with E-state index >= 15 is 0 Å². The van der Waals surface area contributed by atoms with Crippen LogP contribution < -0.4 is 5.32 Å². The Hall–Kier alpha value is -2.38. The van der Waals surface area contributed by atoms with Crippen LogP contribution in [0.25, 0.3) is 10.9 Å². The highest BCUT2D eigenvalue weighted by atomic mass is 79.9. The van der Waals surface area contributed by atoms with Gasteiger partial charge in [-0.3, -0.25) is 0 Å². The van der Waals surface area contributed by atoms with Crippen molar-refractivity contribution in [3.8, 4) is 6.07 Å². The molecule has 0 saturated heterocycles. The maximum absolute atomic E-state index is 9.33. The van der Waals surface area contributed by atoms with Crippen LogP contribution in [0.4, 0.5) is 11.5 Å². The molecule has 2 aromatic carbocycles. The van der Waals surface area contributed by atoms with E-state index in [1.54, 1.807) is 0 Å². The first-order valence-electron chi connectivity index (χ1n) is 6.50. The molecule has 1 heterocycles. The highest BCUT2D eigenvalue weighted by molar-refractivity contribution is 9.10. The third kappa shape index (κ3) is 2.74. The van der Waals surface area contributed by atoms with Gasteiger partial charge in [0.05, 0.1) is 16.8 Å². The van der Waals surface area contributed by atoms with Crippen molar-refractivity contribution in [1.29, 1.82) is 5.26 Å². The van der Waals surface area contributed by atoms with Gasteiger partial charge in [-0.25, -0.2) is 4.98 Å². The molecule has 1 N–H and O–H groups in total. The second kappa shape index (κ2) is 5.55. The molecule has 0 aliphatic carbocycles. The van der Waals surface area contributed by atoms with Crippen LogP contribution in [0.15, 0.2) is 53.0 Å². The second-order valence-electron chi connectivity index (χ2n) is 4.80. The molecular weight excluding hydrogens is 326 g/mol. The molecule has 21 heavy (non-hydrogen) atoms. The van der Waals surface area contributed by atoms with E-state index in [0.717, 1.165) is 21.1 Å². The zero-order valence-corrected chi connectivity index (χ0v) is 13.0. The lowest BCUT2D eigenvalue weighted by molar-refractivity contribution is 1.33. The molecule has 0 bridgehead atoms. The summed E-state index contributed by atoms with van der Waals surface area (Å²) >= 11 is 3.53. The van der Waals surface area contributed by atoms with Gasteiger partial charge in [0.15, 0.2) is 0 Å². The number of anilines is 2. The fourth-order valence-electron chi connectivity index (χ4n) is 2.15. The predicted octanol–water partition coefficient (Wildman–Crippen LogP) is 4.92. The molecule has 0 amide bonds. The van der Waals surface area contributed by atoms with E-state index in [4.69, 9.17) is 0 Å². The van der Waals surface area contributed by atoms with Crippen LogP contribution >= 0.6 is 15.9 Å². The molecule has 0 fully saturated rings. The summed E-state index contributed by atoms with van der Waals surface area (Å²) in [6.07, 6.45) is 0. The van der Waals surface area contributed by atoms with E-state index in [-0.39, 0.29) is 0 Å². The van der Waals surface area contributed by atoms with Gasteiger partial charge in [-0.15, -0.1) is 0 Å². The van der Waals surface area contributed by atoms with E-state index in [1.165, 1.54) is 5.56 Å². The molecule has 102 valence electrons. The summed E-state index contributed by atoms with van der Waals surface area (Å²) in [5, 5.41) is 13.5. The molecular formula is C17H12BrN3. The molecule has 0 atom stereocenters. The summed E-state index contributed by atoms with van der Waals surface area (Å²) in [6, 6.07) is 17.8. The number of halogens is 1. The van der Waals surface area contributed by atoms with Gasteiger partial charge in [-0.1, -0.05) is 24.3 Å². The highest BCUT2D eigenvalue weighted by Crippen LogP contribution is 2.28. The third-order valence-electron chi connectivity index (χ3n) is 3.22. The number of fused-ring (bicyclic) bond motifs is 1. The number of rotatable bonds is 2. The minimum atomic E-state index is 0.529. The van der Waals surface area contributed by atoms with Crippen LogP contribution in [0.5, 0.6) is 0 Å². The molecule has 0 radical (unpaired) electrons. The van der Waals surface area contributed by atoms with Crippen molar-refractivity contribution in [3.05, 3.63) is 64.1 Å². The van der Waals surface area contributed by atoms with Crippen LogP contribution in [0.1, 0.15) is 11.1 Å². The number of aryl methyl sites for hydroxylation is 1. The molecule has 3 aromatic rings.